The van der Waals surface area contributed by atoms with Crippen LogP contribution in [0.3, 0.4) is 0 Å². The Labute approximate surface area is 123 Å². The molecule has 0 radical (unpaired) electrons. The van der Waals surface area contributed by atoms with Crippen molar-refractivity contribution < 1.29 is 9.53 Å². The van der Waals surface area contributed by atoms with Gasteiger partial charge in [0.1, 0.15) is 6.10 Å². The smallest absolute Gasteiger partial charge is 0.248 e. The van der Waals surface area contributed by atoms with Crippen molar-refractivity contribution >= 4 is 5.91 Å². The highest BCUT2D eigenvalue weighted by molar-refractivity contribution is 5.80. The lowest BCUT2D eigenvalue weighted by atomic mass is 9.71. The van der Waals surface area contributed by atoms with E-state index in [-0.39, 0.29) is 11.5 Å². The van der Waals surface area contributed by atoms with E-state index in [2.05, 4.69) is 33.0 Å². The van der Waals surface area contributed by atoms with Crippen molar-refractivity contribution in [1.29, 1.82) is 0 Å². The van der Waals surface area contributed by atoms with E-state index in [4.69, 9.17) is 10.5 Å². The Balaban J connectivity index is 2.53. The molecule has 0 aliphatic heterocycles. The van der Waals surface area contributed by atoms with Crippen LogP contribution in [-0.2, 0) is 9.53 Å². The number of hydrogen-bond donors (Lipinski definition) is 2. The summed E-state index contributed by atoms with van der Waals surface area (Å²) >= 11 is 0. The molecular weight excluding hydrogens is 252 g/mol. The second-order valence-electron chi connectivity index (χ2n) is 7.45. The minimum absolute atomic E-state index is 0.0311. The molecule has 1 aliphatic rings. The van der Waals surface area contributed by atoms with Crippen LogP contribution in [0.1, 0.15) is 60.3 Å². The summed E-state index contributed by atoms with van der Waals surface area (Å²) < 4.78 is 6.08. The zero-order valence-electron chi connectivity index (χ0n) is 13.8. The van der Waals surface area contributed by atoms with Crippen LogP contribution in [0.25, 0.3) is 0 Å². The van der Waals surface area contributed by atoms with E-state index in [1.807, 2.05) is 6.92 Å². The van der Waals surface area contributed by atoms with E-state index in [9.17, 15) is 4.79 Å². The van der Waals surface area contributed by atoms with E-state index in [0.717, 1.165) is 25.7 Å². The monoisotopic (exact) mass is 284 g/mol. The average Bonchev–Trinajstić information content (AvgIpc) is 2.38. The molecule has 1 fully saturated rings. The quantitative estimate of drug-likeness (QED) is 0.787. The van der Waals surface area contributed by atoms with Crippen LogP contribution in [0, 0.1) is 11.3 Å². The van der Waals surface area contributed by atoms with Gasteiger partial charge in [-0.1, -0.05) is 27.7 Å². The molecule has 118 valence electrons. The first-order chi connectivity index (χ1) is 9.20. The van der Waals surface area contributed by atoms with Crippen molar-refractivity contribution in [3.63, 3.8) is 0 Å². The van der Waals surface area contributed by atoms with Gasteiger partial charge in [0, 0.05) is 13.1 Å². The zero-order chi connectivity index (χ0) is 15.4. The number of amides is 1. The molecule has 0 spiro atoms. The number of nitrogens with one attached hydrogen (secondary N) is 1. The number of nitrogens with two attached hydrogens (primary N) is 1. The molecule has 0 saturated heterocycles. The molecule has 0 aromatic carbocycles. The summed E-state index contributed by atoms with van der Waals surface area (Å²) in [6.45, 7) is 11.7. The minimum Gasteiger partial charge on any atom is -0.361 e. The SMILES string of the molecule is CC(C)CNC(=O)C(C)OC1(CN)CCC(C)(C)CC1. The highest BCUT2D eigenvalue weighted by atomic mass is 16.5. The molecule has 3 N–H and O–H groups in total. The normalized spacial score (nSPS) is 22.6. The molecule has 0 heterocycles. The van der Waals surface area contributed by atoms with Crippen molar-refractivity contribution in [2.45, 2.75) is 72.0 Å². The van der Waals surface area contributed by atoms with Crippen LogP contribution in [0.4, 0.5) is 0 Å². The Kier molecular flexibility index (Phi) is 6.02. The van der Waals surface area contributed by atoms with Crippen LogP contribution in [0.2, 0.25) is 0 Å². The maximum Gasteiger partial charge on any atom is 0.248 e. The Morgan fingerprint density at radius 3 is 2.20 bits per heavy atom. The summed E-state index contributed by atoms with van der Waals surface area (Å²) in [6, 6.07) is 0. The minimum atomic E-state index is -0.432. The number of hydrogen-bond acceptors (Lipinski definition) is 3. The van der Waals surface area contributed by atoms with E-state index >= 15 is 0 Å². The number of rotatable bonds is 6. The standard InChI is InChI=1S/C16H32N2O2/c1-12(2)10-18-14(19)13(3)20-16(11-17)8-6-15(4,5)7-9-16/h12-13H,6-11,17H2,1-5H3,(H,18,19). The van der Waals surface area contributed by atoms with Crippen LogP contribution in [-0.4, -0.2) is 30.7 Å². The predicted molar refractivity (Wildman–Crippen MR) is 82.4 cm³/mol. The van der Waals surface area contributed by atoms with Gasteiger partial charge in [-0.05, 0) is 43.9 Å². The Morgan fingerprint density at radius 2 is 1.75 bits per heavy atom. The van der Waals surface area contributed by atoms with Crippen molar-refractivity contribution in [2.24, 2.45) is 17.1 Å². The van der Waals surface area contributed by atoms with E-state index in [1.165, 1.54) is 0 Å². The van der Waals surface area contributed by atoms with Gasteiger partial charge in [0.05, 0.1) is 5.60 Å². The first-order valence-electron chi connectivity index (χ1n) is 7.85. The van der Waals surface area contributed by atoms with Gasteiger partial charge in [-0.15, -0.1) is 0 Å². The fraction of sp³-hybridized carbons (Fsp3) is 0.938. The maximum atomic E-state index is 12.0. The lowest BCUT2D eigenvalue weighted by Gasteiger charge is -2.43. The number of ether oxygens (including phenoxy) is 1. The van der Waals surface area contributed by atoms with E-state index < -0.39 is 6.10 Å². The highest BCUT2D eigenvalue weighted by Gasteiger charge is 2.40. The van der Waals surface area contributed by atoms with E-state index in [0.29, 0.717) is 24.4 Å². The Morgan fingerprint density at radius 1 is 1.20 bits per heavy atom. The summed E-state index contributed by atoms with van der Waals surface area (Å²) in [5.41, 5.74) is 5.99. The summed E-state index contributed by atoms with van der Waals surface area (Å²) in [4.78, 5) is 12.0. The molecule has 0 aromatic rings. The number of carbonyl (C=O) groups excluding carboxylic acids is 1. The van der Waals surface area contributed by atoms with Crippen LogP contribution in [0.5, 0.6) is 0 Å². The zero-order valence-corrected chi connectivity index (χ0v) is 13.8. The second-order valence-corrected chi connectivity index (χ2v) is 7.45. The molecular formula is C16H32N2O2. The fourth-order valence-electron chi connectivity index (χ4n) is 2.63. The third-order valence-electron chi connectivity index (χ3n) is 4.37. The molecule has 1 unspecified atom stereocenters. The fourth-order valence-corrected chi connectivity index (χ4v) is 2.63. The summed E-state index contributed by atoms with van der Waals surface area (Å²) in [5, 5.41) is 2.92. The molecule has 20 heavy (non-hydrogen) atoms. The van der Waals surface area contributed by atoms with Gasteiger partial charge in [0.15, 0.2) is 0 Å². The van der Waals surface area contributed by atoms with Crippen LogP contribution < -0.4 is 11.1 Å². The summed E-state index contributed by atoms with van der Waals surface area (Å²) in [5.74, 6) is 0.418. The van der Waals surface area contributed by atoms with Crippen LogP contribution in [0.15, 0.2) is 0 Å². The van der Waals surface area contributed by atoms with Crippen molar-refractivity contribution in [1.82, 2.24) is 5.32 Å². The van der Waals surface area contributed by atoms with Crippen LogP contribution >= 0.6 is 0 Å². The lowest BCUT2D eigenvalue weighted by Crippen LogP contribution is -2.50. The lowest BCUT2D eigenvalue weighted by molar-refractivity contribution is -0.152. The van der Waals surface area contributed by atoms with Crippen molar-refractivity contribution in [3.05, 3.63) is 0 Å². The molecule has 0 aromatic heterocycles. The highest BCUT2D eigenvalue weighted by Crippen LogP contribution is 2.42. The van der Waals surface area contributed by atoms with Gasteiger partial charge in [-0.3, -0.25) is 4.79 Å². The Hall–Kier alpha value is -0.610. The summed E-state index contributed by atoms with van der Waals surface area (Å²) in [6.07, 6.45) is 3.66. The second kappa shape index (κ2) is 6.90. The van der Waals surface area contributed by atoms with Gasteiger partial charge in [0.2, 0.25) is 5.91 Å². The van der Waals surface area contributed by atoms with Gasteiger partial charge in [0.25, 0.3) is 0 Å². The molecule has 1 saturated carbocycles. The largest absolute Gasteiger partial charge is 0.361 e. The third kappa shape index (κ3) is 5.06. The number of carbonyl (C=O) groups is 1. The van der Waals surface area contributed by atoms with Crippen molar-refractivity contribution in [3.8, 4) is 0 Å². The molecule has 0 bridgehead atoms. The molecule has 4 heteroatoms. The maximum absolute atomic E-state index is 12.0. The average molecular weight is 284 g/mol. The first kappa shape index (κ1) is 17.4. The topological polar surface area (TPSA) is 64.3 Å². The van der Waals surface area contributed by atoms with Crippen molar-refractivity contribution in [2.75, 3.05) is 13.1 Å². The molecule has 1 rings (SSSR count). The van der Waals surface area contributed by atoms with E-state index in [1.54, 1.807) is 0 Å². The summed E-state index contributed by atoms with van der Waals surface area (Å²) in [7, 11) is 0. The van der Waals surface area contributed by atoms with Gasteiger partial charge < -0.3 is 15.8 Å². The predicted octanol–water partition coefficient (Wildman–Crippen LogP) is 2.46. The molecule has 1 aliphatic carbocycles. The molecule has 1 amide bonds. The molecule has 4 nitrogen and oxygen atoms in total. The molecule has 1 atom stereocenters. The third-order valence-corrected chi connectivity index (χ3v) is 4.37. The Bertz CT molecular complexity index is 316. The van der Waals surface area contributed by atoms with Gasteiger partial charge in [-0.25, -0.2) is 0 Å². The van der Waals surface area contributed by atoms with Gasteiger partial charge >= 0.3 is 0 Å². The van der Waals surface area contributed by atoms with Gasteiger partial charge in [-0.2, -0.15) is 0 Å². The first-order valence-corrected chi connectivity index (χ1v) is 7.85.